The first-order chi connectivity index (χ1) is 9.32. The summed E-state index contributed by atoms with van der Waals surface area (Å²) in [4.78, 5) is -0.00183. The van der Waals surface area contributed by atoms with Crippen LogP contribution in [0.3, 0.4) is 0 Å². The molecular formula is C12H15BrClNO4S. The first-order valence-corrected chi connectivity index (χ1v) is 8.73. The minimum absolute atomic E-state index is 0.00183. The van der Waals surface area contributed by atoms with Gasteiger partial charge in [-0.3, -0.25) is 0 Å². The van der Waals surface area contributed by atoms with Crippen LogP contribution in [0.5, 0.6) is 0 Å². The van der Waals surface area contributed by atoms with Crippen LogP contribution in [0.25, 0.3) is 0 Å². The Morgan fingerprint density at radius 2 is 2.05 bits per heavy atom. The number of rotatable bonds is 4. The van der Waals surface area contributed by atoms with Crippen LogP contribution >= 0.6 is 27.5 Å². The van der Waals surface area contributed by atoms with Crippen molar-refractivity contribution < 1.29 is 18.3 Å². The van der Waals surface area contributed by atoms with Gasteiger partial charge in [0, 0.05) is 37.1 Å². The number of ether oxygens (including phenoxy) is 1. The van der Waals surface area contributed by atoms with Crippen LogP contribution in [0, 0.1) is 0 Å². The summed E-state index contributed by atoms with van der Waals surface area (Å²) in [5.41, 5.74) is -1.06. The Balaban J connectivity index is 2.11. The van der Waals surface area contributed by atoms with Gasteiger partial charge in [0.1, 0.15) is 4.90 Å². The molecule has 8 heteroatoms. The van der Waals surface area contributed by atoms with Crippen molar-refractivity contribution in [1.82, 2.24) is 4.72 Å². The van der Waals surface area contributed by atoms with Gasteiger partial charge in [-0.1, -0.05) is 27.5 Å². The predicted molar refractivity (Wildman–Crippen MR) is 79.3 cm³/mol. The quantitative estimate of drug-likeness (QED) is 0.831. The topological polar surface area (TPSA) is 75.6 Å². The number of benzene rings is 1. The molecule has 2 N–H and O–H groups in total. The first kappa shape index (κ1) is 16.2. The molecule has 1 fully saturated rings. The Morgan fingerprint density at radius 3 is 2.65 bits per heavy atom. The van der Waals surface area contributed by atoms with Gasteiger partial charge in [0.25, 0.3) is 0 Å². The second-order valence-corrected chi connectivity index (χ2v) is 7.79. The molecule has 0 saturated carbocycles. The van der Waals surface area contributed by atoms with E-state index in [0.29, 0.717) is 30.5 Å². The maximum Gasteiger partial charge on any atom is 0.242 e. The van der Waals surface area contributed by atoms with Crippen molar-refractivity contribution in [2.45, 2.75) is 23.3 Å². The average Bonchev–Trinajstić information content (AvgIpc) is 2.37. The van der Waals surface area contributed by atoms with E-state index in [1.165, 1.54) is 12.1 Å². The van der Waals surface area contributed by atoms with Crippen LogP contribution in [-0.2, 0) is 14.8 Å². The van der Waals surface area contributed by atoms with Gasteiger partial charge in [0.15, 0.2) is 0 Å². The summed E-state index contributed by atoms with van der Waals surface area (Å²) in [6, 6.07) is 4.53. The number of aliphatic hydroxyl groups is 1. The minimum Gasteiger partial charge on any atom is -0.388 e. The van der Waals surface area contributed by atoms with Gasteiger partial charge in [0.2, 0.25) is 10.0 Å². The lowest BCUT2D eigenvalue weighted by Crippen LogP contribution is -2.46. The van der Waals surface area contributed by atoms with Crippen molar-refractivity contribution in [2.75, 3.05) is 19.8 Å². The Kier molecular flexibility index (Phi) is 5.09. The van der Waals surface area contributed by atoms with Gasteiger partial charge in [-0.15, -0.1) is 0 Å². The summed E-state index contributed by atoms with van der Waals surface area (Å²) in [6.07, 6.45) is 0.813. The molecule has 20 heavy (non-hydrogen) atoms. The fraction of sp³-hybridized carbons (Fsp3) is 0.500. The van der Waals surface area contributed by atoms with Crippen LogP contribution in [0.4, 0.5) is 0 Å². The molecule has 0 spiro atoms. The van der Waals surface area contributed by atoms with Crippen molar-refractivity contribution in [3.63, 3.8) is 0 Å². The van der Waals surface area contributed by atoms with E-state index in [2.05, 4.69) is 20.7 Å². The molecule has 1 aliphatic heterocycles. The number of halogens is 2. The molecule has 0 bridgehead atoms. The molecule has 2 rings (SSSR count). The summed E-state index contributed by atoms with van der Waals surface area (Å²) >= 11 is 9.16. The van der Waals surface area contributed by atoms with E-state index in [-0.39, 0.29) is 16.5 Å². The molecule has 0 radical (unpaired) electrons. The summed E-state index contributed by atoms with van der Waals surface area (Å²) < 4.78 is 32.7. The van der Waals surface area contributed by atoms with Crippen molar-refractivity contribution >= 4 is 37.6 Å². The van der Waals surface area contributed by atoms with Crippen molar-refractivity contribution in [1.29, 1.82) is 0 Å². The van der Waals surface area contributed by atoms with Crippen LogP contribution < -0.4 is 4.72 Å². The van der Waals surface area contributed by atoms with Gasteiger partial charge in [-0.2, -0.15) is 0 Å². The van der Waals surface area contributed by atoms with Crippen LogP contribution in [0.2, 0.25) is 5.02 Å². The number of sulfonamides is 1. The zero-order valence-corrected chi connectivity index (χ0v) is 13.8. The van der Waals surface area contributed by atoms with Crippen LogP contribution in [0.1, 0.15) is 12.8 Å². The van der Waals surface area contributed by atoms with Gasteiger partial charge >= 0.3 is 0 Å². The third-order valence-corrected chi connectivity index (χ3v) is 5.58. The van der Waals surface area contributed by atoms with E-state index >= 15 is 0 Å². The second-order valence-electron chi connectivity index (χ2n) is 4.74. The van der Waals surface area contributed by atoms with Crippen molar-refractivity contribution in [2.24, 2.45) is 0 Å². The molecule has 1 saturated heterocycles. The highest BCUT2D eigenvalue weighted by atomic mass is 79.9. The van der Waals surface area contributed by atoms with E-state index in [9.17, 15) is 13.5 Å². The monoisotopic (exact) mass is 383 g/mol. The molecule has 1 heterocycles. The molecule has 0 aromatic heterocycles. The Bertz CT molecular complexity index is 587. The minimum atomic E-state index is -3.75. The molecule has 1 aliphatic rings. The van der Waals surface area contributed by atoms with Gasteiger partial charge in [-0.05, 0) is 18.2 Å². The smallest absolute Gasteiger partial charge is 0.242 e. The van der Waals surface area contributed by atoms with Gasteiger partial charge in [0.05, 0.1) is 10.6 Å². The summed E-state index contributed by atoms with van der Waals surface area (Å²) in [5, 5.41) is 10.4. The largest absolute Gasteiger partial charge is 0.388 e. The van der Waals surface area contributed by atoms with E-state index in [0.717, 1.165) is 0 Å². The second kappa shape index (κ2) is 6.29. The molecule has 1 aromatic rings. The van der Waals surface area contributed by atoms with Crippen molar-refractivity contribution in [3.8, 4) is 0 Å². The normalized spacial score (nSPS) is 18.9. The molecular weight excluding hydrogens is 370 g/mol. The lowest BCUT2D eigenvalue weighted by Gasteiger charge is -2.32. The highest BCUT2D eigenvalue weighted by Crippen LogP contribution is 2.26. The number of hydrogen-bond donors (Lipinski definition) is 2. The molecule has 5 nitrogen and oxygen atoms in total. The third-order valence-electron chi connectivity index (χ3n) is 3.20. The number of nitrogens with one attached hydrogen (secondary N) is 1. The Hall–Kier alpha value is -0.180. The lowest BCUT2D eigenvalue weighted by molar-refractivity contribution is -0.0588. The Labute approximate surface area is 131 Å². The fourth-order valence-electron chi connectivity index (χ4n) is 1.93. The summed E-state index contributed by atoms with van der Waals surface area (Å²) in [7, 11) is -3.75. The van der Waals surface area contributed by atoms with E-state index < -0.39 is 15.6 Å². The van der Waals surface area contributed by atoms with Gasteiger partial charge in [-0.25, -0.2) is 13.1 Å². The first-order valence-electron chi connectivity index (χ1n) is 6.07. The highest BCUT2D eigenvalue weighted by molar-refractivity contribution is 9.10. The van der Waals surface area contributed by atoms with Crippen LogP contribution in [0.15, 0.2) is 27.6 Å². The summed E-state index contributed by atoms with van der Waals surface area (Å²) in [6.45, 7) is 0.805. The average molecular weight is 385 g/mol. The molecule has 0 amide bonds. The van der Waals surface area contributed by atoms with Crippen molar-refractivity contribution in [3.05, 3.63) is 27.7 Å². The zero-order valence-electron chi connectivity index (χ0n) is 10.6. The Morgan fingerprint density at radius 1 is 1.40 bits per heavy atom. The SMILES string of the molecule is O=S(=O)(NCC1(O)CCOCC1)c1ccc(Br)cc1Cl. The number of hydrogen-bond acceptors (Lipinski definition) is 4. The van der Waals surface area contributed by atoms with Gasteiger partial charge < -0.3 is 9.84 Å². The van der Waals surface area contributed by atoms with Crippen LogP contribution in [-0.4, -0.2) is 38.9 Å². The third kappa shape index (κ3) is 3.93. The zero-order chi connectivity index (χ0) is 14.8. The lowest BCUT2D eigenvalue weighted by atomic mass is 9.95. The summed E-state index contributed by atoms with van der Waals surface area (Å²) in [5.74, 6) is 0. The maximum absolute atomic E-state index is 12.2. The predicted octanol–water partition coefficient (Wildman–Crippen LogP) is 1.92. The molecule has 0 unspecified atom stereocenters. The molecule has 1 aromatic carbocycles. The molecule has 0 atom stereocenters. The van der Waals surface area contributed by atoms with E-state index in [1.54, 1.807) is 6.07 Å². The fourth-order valence-corrected chi connectivity index (χ4v) is 4.08. The molecule has 112 valence electrons. The van der Waals surface area contributed by atoms with E-state index in [1.807, 2.05) is 0 Å². The maximum atomic E-state index is 12.2. The molecule has 0 aliphatic carbocycles. The highest BCUT2D eigenvalue weighted by Gasteiger charge is 2.31. The standard InChI is InChI=1S/C12H15BrClNO4S/c13-9-1-2-11(10(14)7-9)20(17,18)15-8-12(16)3-5-19-6-4-12/h1-2,7,15-16H,3-6,8H2. The van der Waals surface area contributed by atoms with E-state index in [4.69, 9.17) is 16.3 Å².